The van der Waals surface area contributed by atoms with E-state index >= 15 is 0 Å². The average Bonchev–Trinajstić information content (AvgIpc) is 2.25. The SMILES string of the molecule is Cc1cc(C)c(C(=O)O)c(NC2CCOC(C)(C)C2)n1. The number of carboxylic acids is 1. The zero-order valence-corrected chi connectivity index (χ0v) is 12.5. The fourth-order valence-electron chi connectivity index (χ4n) is 2.76. The molecule has 0 bridgehead atoms. The number of anilines is 1. The second-order valence-corrected chi connectivity index (χ2v) is 6.05. The first kappa shape index (κ1) is 14.8. The highest BCUT2D eigenvalue weighted by atomic mass is 16.5. The highest BCUT2D eigenvalue weighted by molar-refractivity contribution is 5.94. The van der Waals surface area contributed by atoms with Gasteiger partial charge in [0.15, 0.2) is 0 Å². The van der Waals surface area contributed by atoms with Gasteiger partial charge in [0.25, 0.3) is 0 Å². The number of aromatic nitrogens is 1. The molecule has 0 amide bonds. The summed E-state index contributed by atoms with van der Waals surface area (Å²) in [6, 6.07) is 1.98. The number of aromatic carboxylic acids is 1. The second-order valence-electron chi connectivity index (χ2n) is 6.05. The van der Waals surface area contributed by atoms with Crippen LogP contribution in [0.4, 0.5) is 5.82 Å². The van der Waals surface area contributed by atoms with Gasteiger partial charge in [-0.3, -0.25) is 0 Å². The van der Waals surface area contributed by atoms with Crippen molar-refractivity contribution in [1.82, 2.24) is 4.98 Å². The summed E-state index contributed by atoms with van der Waals surface area (Å²) in [5, 5.41) is 12.7. The Morgan fingerprint density at radius 2 is 2.20 bits per heavy atom. The summed E-state index contributed by atoms with van der Waals surface area (Å²) in [4.78, 5) is 15.8. The van der Waals surface area contributed by atoms with Crippen molar-refractivity contribution in [3.8, 4) is 0 Å². The van der Waals surface area contributed by atoms with Crippen LogP contribution in [0.3, 0.4) is 0 Å². The third-order valence-electron chi connectivity index (χ3n) is 3.60. The maximum absolute atomic E-state index is 11.4. The van der Waals surface area contributed by atoms with Gasteiger partial charge in [-0.05, 0) is 52.2 Å². The second kappa shape index (κ2) is 5.40. The van der Waals surface area contributed by atoms with Crippen LogP contribution >= 0.6 is 0 Å². The third-order valence-corrected chi connectivity index (χ3v) is 3.60. The maximum atomic E-state index is 11.4. The minimum Gasteiger partial charge on any atom is -0.478 e. The van der Waals surface area contributed by atoms with Gasteiger partial charge < -0.3 is 15.2 Å². The van der Waals surface area contributed by atoms with Gasteiger partial charge >= 0.3 is 5.97 Å². The lowest BCUT2D eigenvalue weighted by atomic mass is 9.93. The monoisotopic (exact) mass is 278 g/mol. The Morgan fingerprint density at radius 3 is 2.80 bits per heavy atom. The fraction of sp³-hybridized carbons (Fsp3) is 0.600. The number of carboxylic acid groups (broad SMARTS) is 1. The van der Waals surface area contributed by atoms with Gasteiger partial charge in [0.2, 0.25) is 0 Å². The average molecular weight is 278 g/mol. The molecule has 0 spiro atoms. The van der Waals surface area contributed by atoms with Crippen LogP contribution in [0.25, 0.3) is 0 Å². The van der Waals surface area contributed by atoms with Gasteiger partial charge in [-0.25, -0.2) is 9.78 Å². The number of ether oxygens (including phenoxy) is 1. The largest absolute Gasteiger partial charge is 0.478 e. The van der Waals surface area contributed by atoms with Crippen molar-refractivity contribution in [1.29, 1.82) is 0 Å². The molecule has 2 N–H and O–H groups in total. The van der Waals surface area contributed by atoms with Crippen LogP contribution in [0, 0.1) is 13.8 Å². The number of rotatable bonds is 3. The molecule has 1 aliphatic heterocycles. The number of nitrogens with one attached hydrogen (secondary N) is 1. The van der Waals surface area contributed by atoms with E-state index < -0.39 is 5.97 Å². The summed E-state index contributed by atoms with van der Waals surface area (Å²) in [7, 11) is 0. The molecule has 1 atom stereocenters. The Kier molecular flexibility index (Phi) is 3.99. The molecule has 110 valence electrons. The van der Waals surface area contributed by atoms with Crippen molar-refractivity contribution in [2.75, 3.05) is 11.9 Å². The molecule has 1 aromatic heterocycles. The van der Waals surface area contributed by atoms with Gasteiger partial charge in [0.05, 0.1) is 5.60 Å². The Bertz CT molecular complexity index is 526. The summed E-state index contributed by atoms with van der Waals surface area (Å²) < 4.78 is 5.68. The molecule has 0 saturated carbocycles. The van der Waals surface area contributed by atoms with E-state index in [1.807, 2.05) is 20.8 Å². The van der Waals surface area contributed by atoms with Crippen molar-refractivity contribution in [2.45, 2.75) is 52.2 Å². The minimum absolute atomic E-state index is 0.182. The quantitative estimate of drug-likeness (QED) is 0.889. The molecule has 20 heavy (non-hydrogen) atoms. The molecule has 2 rings (SSSR count). The summed E-state index contributed by atoms with van der Waals surface area (Å²) >= 11 is 0. The molecule has 1 unspecified atom stereocenters. The topological polar surface area (TPSA) is 71.5 Å². The lowest BCUT2D eigenvalue weighted by Crippen LogP contribution is -2.40. The molecule has 2 heterocycles. The summed E-state index contributed by atoms with van der Waals surface area (Å²) in [6.07, 6.45) is 1.69. The number of nitrogens with zero attached hydrogens (tertiary/aromatic N) is 1. The molecule has 1 fully saturated rings. The van der Waals surface area contributed by atoms with E-state index in [0.717, 1.165) is 24.1 Å². The number of aryl methyl sites for hydroxylation is 2. The van der Waals surface area contributed by atoms with Gasteiger partial charge in [0.1, 0.15) is 11.4 Å². The van der Waals surface area contributed by atoms with Crippen LogP contribution in [0.15, 0.2) is 6.07 Å². The molecule has 5 heteroatoms. The van der Waals surface area contributed by atoms with E-state index in [1.54, 1.807) is 13.0 Å². The van der Waals surface area contributed by atoms with E-state index in [0.29, 0.717) is 12.4 Å². The van der Waals surface area contributed by atoms with Crippen molar-refractivity contribution < 1.29 is 14.6 Å². The molecular formula is C15H22N2O3. The lowest BCUT2D eigenvalue weighted by molar-refractivity contribution is -0.0553. The lowest BCUT2D eigenvalue weighted by Gasteiger charge is -2.36. The van der Waals surface area contributed by atoms with Crippen LogP contribution in [0.2, 0.25) is 0 Å². The summed E-state index contributed by atoms with van der Waals surface area (Å²) in [6.45, 7) is 8.45. The van der Waals surface area contributed by atoms with Crippen LogP contribution < -0.4 is 5.32 Å². The molecule has 1 aliphatic rings. The Hall–Kier alpha value is -1.62. The standard InChI is InChI=1S/C15H22N2O3/c1-9-7-10(2)16-13(12(9)14(18)19)17-11-5-6-20-15(3,4)8-11/h7,11H,5-6,8H2,1-4H3,(H,16,17)(H,18,19). The van der Waals surface area contributed by atoms with Crippen LogP contribution in [-0.4, -0.2) is 34.3 Å². The smallest absolute Gasteiger partial charge is 0.339 e. The molecule has 1 saturated heterocycles. The molecule has 5 nitrogen and oxygen atoms in total. The first-order valence-electron chi connectivity index (χ1n) is 6.90. The third kappa shape index (κ3) is 3.28. The Labute approximate surface area is 119 Å². The number of pyridine rings is 1. The van der Waals surface area contributed by atoms with Gasteiger partial charge in [-0.1, -0.05) is 0 Å². The molecule has 0 radical (unpaired) electrons. The van der Waals surface area contributed by atoms with Gasteiger partial charge in [0, 0.05) is 18.3 Å². The first-order chi connectivity index (χ1) is 9.28. The van der Waals surface area contributed by atoms with E-state index in [-0.39, 0.29) is 17.2 Å². The predicted molar refractivity (Wildman–Crippen MR) is 77.3 cm³/mol. The predicted octanol–water partition coefficient (Wildman–Crippen LogP) is 2.77. The highest BCUT2D eigenvalue weighted by Gasteiger charge is 2.30. The van der Waals surface area contributed by atoms with Crippen molar-refractivity contribution in [2.24, 2.45) is 0 Å². The van der Waals surface area contributed by atoms with Crippen molar-refractivity contribution >= 4 is 11.8 Å². The molecular weight excluding hydrogens is 256 g/mol. The number of hydrogen-bond donors (Lipinski definition) is 2. The fourth-order valence-corrected chi connectivity index (χ4v) is 2.76. The number of hydrogen-bond acceptors (Lipinski definition) is 4. The Morgan fingerprint density at radius 1 is 1.50 bits per heavy atom. The van der Waals surface area contributed by atoms with Crippen molar-refractivity contribution in [3.05, 3.63) is 22.9 Å². The summed E-state index contributed by atoms with van der Waals surface area (Å²) in [5.41, 5.74) is 1.64. The van der Waals surface area contributed by atoms with E-state index in [1.165, 1.54) is 0 Å². The summed E-state index contributed by atoms with van der Waals surface area (Å²) in [5.74, 6) is -0.471. The van der Waals surface area contributed by atoms with Crippen LogP contribution in [0.1, 0.15) is 48.3 Å². The molecule has 0 aromatic carbocycles. The van der Waals surface area contributed by atoms with Gasteiger partial charge in [-0.2, -0.15) is 0 Å². The van der Waals surface area contributed by atoms with Crippen LogP contribution in [0.5, 0.6) is 0 Å². The van der Waals surface area contributed by atoms with Crippen LogP contribution in [-0.2, 0) is 4.74 Å². The first-order valence-corrected chi connectivity index (χ1v) is 6.90. The highest BCUT2D eigenvalue weighted by Crippen LogP contribution is 2.27. The molecule has 1 aromatic rings. The van der Waals surface area contributed by atoms with E-state index in [2.05, 4.69) is 10.3 Å². The molecule has 0 aliphatic carbocycles. The zero-order chi connectivity index (χ0) is 14.9. The van der Waals surface area contributed by atoms with E-state index in [9.17, 15) is 9.90 Å². The Balaban J connectivity index is 2.26. The zero-order valence-electron chi connectivity index (χ0n) is 12.5. The van der Waals surface area contributed by atoms with Gasteiger partial charge in [-0.15, -0.1) is 0 Å². The van der Waals surface area contributed by atoms with Crippen molar-refractivity contribution in [3.63, 3.8) is 0 Å². The van der Waals surface area contributed by atoms with E-state index in [4.69, 9.17) is 4.74 Å². The normalized spacial score (nSPS) is 21.5. The minimum atomic E-state index is -0.941. The maximum Gasteiger partial charge on any atom is 0.339 e. The number of carbonyl (C=O) groups is 1.